The number of fused-ring (bicyclic) bond motifs is 1. The Labute approximate surface area is 63.7 Å². The summed E-state index contributed by atoms with van der Waals surface area (Å²) in [4.78, 5) is 7.02. The van der Waals surface area contributed by atoms with E-state index < -0.39 is 0 Å². The fourth-order valence-electron chi connectivity index (χ4n) is 0.957. The maximum Gasteiger partial charge on any atom is 0.0701 e. The molecule has 50 valence electrons. The number of thiol groups is 1. The first-order valence-electron chi connectivity index (χ1n) is 2.98. The first-order chi connectivity index (χ1) is 4.86. The normalized spacial score (nSPS) is 10.5. The van der Waals surface area contributed by atoms with Crippen molar-refractivity contribution in [1.82, 2.24) is 9.97 Å². The second kappa shape index (κ2) is 2.02. The molecule has 10 heavy (non-hydrogen) atoms. The van der Waals surface area contributed by atoms with Crippen molar-refractivity contribution in [3.05, 3.63) is 24.5 Å². The van der Waals surface area contributed by atoms with Gasteiger partial charge in [-0.15, -0.1) is 12.6 Å². The highest BCUT2D eigenvalue weighted by molar-refractivity contribution is 7.80. The van der Waals surface area contributed by atoms with E-state index in [1.54, 1.807) is 12.4 Å². The van der Waals surface area contributed by atoms with Crippen molar-refractivity contribution in [1.29, 1.82) is 0 Å². The third kappa shape index (κ3) is 0.789. The minimum Gasteiger partial charge on any atom is -0.349 e. The molecule has 0 amide bonds. The average molecular weight is 150 g/mol. The first-order valence-corrected chi connectivity index (χ1v) is 3.43. The molecule has 0 spiro atoms. The minimum absolute atomic E-state index is 0.878. The molecule has 2 heterocycles. The van der Waals surface area contributed by atoms with E-state index in [-0.39, 0.29) is 0 Å². The number of nitrogens with one attached hydrogen (secondary N) is 1. The Balaban J connectivity index is 2.88. The number of hydrogen-bond acceptors (Lipinski definition) is 2. The Kier molecular flexibility index (Phi) is 1.17. The van der Waals surface area contributed by atoms with Gasteiger partial charge in [0.15, 0.2) is 0 Å². The molecule has 0 atom stereocenters. The van der Waals surface area contributed by atoms with Crippen LogP contribution in [0, 0.1) is 0 Å². The lowest BCUT2D eigenvalue weighted by Crippen LogP contribution is -1.68. The van der Waals surface area contributed by atoms with Crippen molar-refractivity contribution in [3.8, 4) is 0 Å². The number of nitrogens with zero attached hydrogens (tertiary/aromatic N) is 1. The van der Waals surface area contributed by atoms with Crippen LogP contribution in [0.4, 0.5) is 0 Å². The smallest absolute Gasteiger partial charge is 0.0701 e. The third-order valence-corrected chi connectivity index (χ3v) is 1.65. The molecule has 0 unspecified atom stereocenters. The van der Waals surface area contributed by atoms with Gasteiger partial charge >= 0.3 is 0 Å². The zero-order valence-corrected chi connectivity index (χ0v) is 6.10. The van der Waals surface area contributed by atoms with Crippen molar-refractivity contribution in [2.45, 2.75) is 5.03 Å². The second-order valence-electron chi connectivity index (χ2n) is 2.12. The van der Waals surface area contributed by atoms with Crippen LogP contribution >= 0.6 is 12.6 Å². The van der Waals surface area contributed by atoms with Gasteiger partial charge in [-0.1, -0.05) is 0 Å². The molecule has 0 radical (unpaired) electrons. The van der Waals surface area contributed by atoms with Gasteiger partial charge in [0.05, 0.1) is 16.7 Å². The zero-order chi connectivity index (χ0) is 6.97. The van der Waals surface area contributed by atoms with Gasteiger partial charge in [-0.2, -0.15) is 0 Å². The SMILES string of the molecule is Sc1cc2ccncc2[nH]1. The second-order valence-corrected chi connectivity index (χ2v) is 2.60. The third-order valence-electron chi connectivity index (χ3n) is 1.41. The van der Waals surface area contributed by atoms with Crippen LogP contribution in [-0.2, 0) is 0 Å². The molecule has 3 heteroatoms. The molecule has 2 aromatic heterocycles. The lowest BCUT2D eigenvalue weighted by atomic mass is 10.3. The van der Waals surface area contributed by atoms with E-state index in [0.29, 0.717) is 0 Å². The largest absolute Gasteiger partial charge is 0.349 e. The highest BCUT2D eigenvalue weighted by Gasteiger charge is 1.93. The number of aromatic amines is 1. The summed E-state index contributed by atoms with van der Waals surface area (Å²) in [5, 5.41) is 2.03. The Bertz CT molecular complexity index is 320. The van der Waals surface area contributed by atoms with E-state index >= 15 is 0 Å². The fourth-order valence-corrected chi connectivity index (χ4v) is 1.22. The molecular weight excluding hydrogens is 144 g/mol. The molecule has 0 saturated carbocycles. The van der Waals surface area contributed by atoms with Crippen molar-refractivity contribution in [2.75, 3.05) is 0 Å². The fraction of sp³-hybridized carbons (Fsp3) is 0. The van der Waals surface area contributed by atoms with Crippen LogP contribution in [0.15, 0.2) is 29.6 Å². The van der Waals surface area contributed by atoms with E-state index in [1.165, 1.54) is 0 Å². The number of H-pyrrole nitrogens is 1. The molecule has 0 aromatic carbocycles. The predicted octanol–water partition coefficient (Wildman–Crippen LogP) is 1.85. The summed E-state index contributed by atoms with van der Waals surface area (Å²) in [5.41, 5.74) is 1.03. The van der Waals surface area contributed by atoms with E-state index in [4.69, 9.17) is 0 Å². The highest BCUT2D eigenvalue weighted by atomic mass is 32.1. The van der Waals surface area contributed by atoms with E-state index in [2.05, 4.69) is 22.6 Å². The van der Waals surface area contributed by atoms with Crippen LogP contribution in [-0.4, -0.2) is 9.97 Å². The number of rotatable bonds is 0. The van der Waals surface area contributed by atoms with Gasteiger partial charge in [0, 0.05) is 11.6 Å². The molecular formula is C7H6N2S. The summed E-state index contributed by atoms with van der Waals surface area (Å²) < 4.78 is 0. The maximum atomic E-state index is 4.16. The minimum atomic E-state index is 0.878. The first kappa shape index (κ1) is 5.80. The summed E-state index contributed by atoms with van der Waals surface area (Å²) >= 11 is 4.16. The number of pyridine rings is 1. The van der Waals surface area contributed by atoms with E-state index in [0.717, 1.165) is 15.9 Å². The van der Waals surface area contributed by atoms with Gasteiger partial charge in [0.1, 0.15) is 0 Å². The molecule has 0 aliphatic rings. The highest BCUT2D eigenvalue weighted by Crippen LogP contribution is 2.14. The van der Waals surface area contributed by atoms with Gasteiger partial charge in [-0.25, -0.2) is 0 Å². The molecule has 0 aliphatic heterocycles. The molecule has 2 rings (SSSR count). The summed E-state index contributed by atoms with van der Waals surface area (Å²) in [6.45, 7) is 0. The Morgan fingerprint density at radius 2 is 2.40 bits per heavy atom. The summed E-state index contributed by atoms with van der Waals surface area (Å²) in [6, 6.07) is 3.92. The Morgan fingerprint density at radius 1 is 1.50 bits per heavy atom. The van der Waals surface area contributed by atoms with E-state index in [1.807, 2.05) is 12.1 Å². The number of hydrogen-bond donors (Lipinski definition) is 2. The molecule has 0 aliphatic carbocycles. The maximum absolute atomic E-state index is 4.16. The summed E-state index contributed by atoms with van der Waals surface area (Å²) in [6.07, 6.45) is 3.55. The predicted molar refractivity (Wildman–Crippen MR) is 43.3 cm³/mol. The summed E-state index contributed by atoms with van der Waals surface area (Å²) in [7, 11) is 0. The average Bonchev–Trinajstić information content (AvgIpc) is 2.27. The molecule has 1 N–H and O–H groups in total. The topological polar surface area (TPSA) is 28.7 Å². The van der Waals surface area contributed by atoms with Gasteiger partial charge in [-0.05, 0) is 12.1 Å². The Hall–Kier alpha value is -0.960. The zero-order valence-electron chi connectivity index (χ0n) is 5.20. The van der Waals surface area contributed by atoms with Crippen molar-refractivity contribution >= 4 is 23.5 Å². The van der Waals surface area contributed by atoms with Crippen LogP contribution in [0.2, 0.25) is 0 Å². The van der Waals surface area contributed by atoms with Gasteiger partial charge in [-0.3, -0.25) is 4.98 Å². The summed E-state index contributed by atoms with van der Waals surface area (Å²) in [5.74, 6) is 0. The quantitative estimate of drug-likeness (QED) is 0.551. The molecule has 0 saturated heterocycles. The van der Waals surface area contributed by atoms with Crippen molar-refractivity contribution in [2.24, 2.45) is 0 Å². The van der Waals surface area contributed by atoms with Crippen LogP contribution in [0.3, 0.4) is 0 Å². The number of aromatic nitrogens is 2. The molecule has 2 aromatic rings. The van der Waals surface area contributed by atoms with Crippen LogP contribution in [0.5, 0.6) is 0 Å². The van der Waals surface area contributed by atoms with Crippen LogP contribution < -0.4 is 0 Å². The van der Waals surface area contributed by atoms with Crippen molar-refractivity contribution < 1.29 is 0 Å². The lowest BCUT2D eigenvalue weighted by molar-refractivity contribution is 1.24. The van der Waals surface area contributed by atoms with Crippen LogP contribution in [0.25, 0.3) is 10.9 Å². The van der Waals surface area contributed by atoms with Crippen molar-refractivity contribution in [3.63, 3.8) is 0 Å². The Morgan fingerprint density at radius 3 is 3.20 bits per heavy atom. The molecule has 0 bridgehead atoms. The molecule has 2 nitrogen and oxygen atoms in total. The molecule has 0 fully saturated rings. The van der Waals surface area contributed by atoms with E-state index in [9.17, 15) is 0 Å². The standard InChI is InChI=1S/C7H6N2S/c10-7-3-5-1-2-8-4-6(5)9-7/h1-4,9-10H. The lowest BCUT2D eigenvalue weighted by Gasteiger charge is -1.82. The van der Waals surface area contributed by atoms with Gasteiger partial charge in [0.2, 0.25) is 0 Å². The van der Waals surface area contributed by atoms with Gasteiger partial charge in [0.25, 0.3) is 0 Å². The van der Waals surface area contributed by atoms with Crippen LogP contribution in [0.1, 0.15) is 0 Å². The monoisotopic (exact) mass is 150 g/mol. The van der Waals surface area contributed by atoms with Gasteiger partial charge < -0.3 is 4.98 Å².